The normalized spacial score (nSPS) is 17.7. The van der Waals surface area contributed by atoms with Gasteiger partial charge in [0, 0.05) is 6.04 Å². The van der Waals surface area contributed by atoms with Crippen LogP contribution >= 0.6 is 0 Å². The van der Waals surface area contributed by atoms with Gasteiger partial charge in [-0.25, -0.2) is 13.2 Å². The zero-order valence-electron chi connectivity index (χ0n) is 21.2. The zero-order chi connectivity index (χ0) is 28.8. The smallest absolute Gasteiger partial charge is 0.416 e. The number of amides is 3. The lowest BCUT2D eigenvalue weighted by Gasteiger charge is -2.32. The van der Waals surface area contributed by atoms with E-state index in [1.165, 1.54) is 0 Å². The van der Waals surface area contributed by atoms with Crippen LogP contribution < -0.4 is 16.0 Å². The largest absolute Gasteiger partial charge is 0.465 e. The fourth-order valence-electron chi connectivity index (χ4n) is 4.55. The minimum Gasteiger partial charge on any atom is -0.465 e. The second-order valence-electron chi connectivity index (χ2n) is 9.37. The Bertz CT molecular complexity index is 1310. The first-order chi connectivity index (χ1) is 18.3. The molecule has 0 heterocycles. The van der Waals surface area contributed by atoms with Crippen LogP contribution in [-0.2, 0) is 27.2 Å². The Morgan fingerprint density at radius 2 is 1.69 bits per heavy atom. The Morgan fingerprint density at radius 3 is 2.31 bits per heavy atom. The second-order valence-corrected chi connectivity index (χ2v) is 11.4. The summed E-state index contributed by atoms with van der Waals surface area (Å²) < 4.78 is 65.4. The Morgan fingerprint density at radius 1 is 1.03 bits per heavy atom. The van der Waals surface area contributed by atoms with Gasteiger partial charge in [-0.05, 0) is 61.1 Å². The molecule has 39 heavy (non-hydrogen) atoms. The van der Waals surface area contributed by atoms with Gasteiger partial charge in [-0.15, -0.1) is 0 Å². The molecule has 2 aromatic carbocycles. The number of carboxylic acid groups (broad SMARTS) is 1. The number of halogens is 3. The molecule has 1 aliphatic carbocycles. The zero-order valence-corrected chi connectivity index (χ0v) is 22.0. The van der Waals surface area contributed by atoms with Crippen LogP contribution in [0.1, 0.15) is 54.1 Å². The molecule has 2 aromatic rings. The van der Waals surface area contributed by atoms with E-state index in [1.54, 1.807) is 24.3 Å². The lowest BCUT2D eigenvalue weighted by atomic mass is 9.86. The molecule has 2 unspecified atom stereocenters. The van der Waals surface area contributed by atoms with Gasteiger partial charge in [0.2, 0.25) is 5.91 Å². The molecule has 9 nitrogen and oxygen atoms in total. The number of carbonyl (C=O) groups excluding carboxylic acids is 2. The number of sulfone groups is 1. The van der Waals surface area contributed by atoms with Crippen LogP contribution in [-0.4, -0.2) is 49.8 Å². The molecule has 0 radical (unpaired) electrons. The van der Waals surface area contributed by atoms with Crippen LogP contribution in [0.2, 0.25) is 0 Å². The molecule has 0 spiro atoms. The summed E-state index contributed by atoms with van der Waals surface area (Å²) >= 11 is 0. The first-order valence-electron chi connectivity index (χ1n) is 12.4. The van der Waals surface area contributed by atoms with Crippen molar-refractivity contribution in [2.75, 3.05) is 17.6 Å². The molecule has 212 valence electrons. The van der Waals surface area contributed by atoms with E-state index in [0.717, 1.165) is 30.9 Å². The Balaban J connectivity index is 1.66. The van der Waals surface area contributed by atoms with E-state index in [9.17, 15) is 36.0 Å². The summed E-state index contributed by atoms with van der Waals surface area (Å²) in [5, 5.41) is 15.8. The Labute approximate surface area is 224 Å². The highest BCUT2D eigenvalue weighted by Crippen LogP contribution is 2.32. The average Bonchev–Trinajstić information content (AvgIpc) is 2.87. The van der Waals surface area contributed by atoms with Crippen molar-refractivity contribution in [2.45, 2.75) is 56.1 Å². The second kappa shape index (κ2) is 12.5. The number of hydrogen-bond acceptors (Lipinski definition) is 5. The van der Waals surface area contributed by atoms with E-state index in [-0.39, 0.29) is 22.3 Å². The van der Waals surface area contributed by atoms with Gasteiger partial charge in [0.1, 0.15) is 0 Å². The van der Waals surface area contributed by atoms with Crippen molar-refractivity contribution in [1.82, 2.24) is 10.6 Å². The molecule has 0 saturated heterocycles. The van der Waals surface area contributed by atoms with Crippen LogP contribution in [0.3, 0.4) is 0 Å². The van der Waals surface area contributed by atoms with Gasteiger partial charge in [0.15, 0.2) is 9.84 Å². The molecule has 3 rings (SSSR count). The molecule has 1 saturated carbocycles. The van der Waals surface area contributed by atoms with Crippen molar-refractivity contribution < 1.29 is 41.1 Å². The van der Waals surface area contributed by atoms with E-state index in [2.05, 4.69) is 10.6 Å². The number of aryl methyl sites for hydroxylation is 1. The van der Waals surface area contributed by atoms with E-state index in [1.807, 2.05) is 12.2 Å². The summed E-state index contributed by atoms with van der Waals surface area (Å²) in [7, 11) is -3.61. The molecule has 2 atom stereocenters. The van der Waals surface area contributed by atoms with Crippen molar-refractivity contribution >= 4 is 33.4 Å². The Kier molecular flexibility index (Phi) is 9.59. The molecule has 1 fully saturated rings. The summed E-state index contributed by atoms with van der Waals surface area (Å²) in [6.07, 6.45) is -2.89. The summed E-state index contributed by atoms with van der Waals surface area (Å²) in [4.78, 5) is 36.4. The SMILES string of the molecule is CCc1ccc(S(=O)(=O)CC2CCCCC2NC(=O)CNC(=O)c2cc(C(F)(F)F)ccc2NC(=O)O)cc1. The number of hydrogen-bond donors (Lipinski definition) is 4. The minimum absolute atomic E-state index is 0.162. The van der Waals surface area contributed by atoms with E-state index >= 15 is 0 Å². The topological polar surface area (TPSA) is 142 Å². The van der Waals surface area contributed by atoms with Crippen molar-refractivity contribution in [3.05, 3.63) is 59.2 Å². The molecule has 13 heteroatoms. The van der Waals surface area contributed by atoms with E-state index in [0.29, 0.717) is 25.0 Å². The Hall–Kier alpha value is -3.61. The van der Waals surface area contributed by atoms with Crippen LogP contribution in [0.4, 0.5) is 23.7 Å². The van der Waals surface area contributed by atoms with Crippen molar-refractivity contribution in [3.8, 4) is 0 Å². The van der Waals surface area contributed by atoms with E-state index in [4.69, 9.17) is 5.11 Å². The maximum Gasteiger partial charge on any atom is 0.416 e. The third kappa shape index (κ3) is 8.19. The summed E-state index contributed by atoms with van der Waals surface area (Å²) in [6.45, 7) is 1.36. The molecular weight excluding hydrogens is 539 g/mol. The first kappa shape index (κ1) is 29.9. The summed E-state index contributed by atoms with van der Waals surface area (Å²) in [6, 6.07) is 8.13. The van der Waals surface area contributed by atoms with Crippen molar-refractivity contribution in [2.24, 2.45) is 5.92 Å². The highest BCUT2D eigenvalue weighted by Gasteiger charge is 2.33. The monoisotopic (exact) mass is 569 g/mol. The van der Waals surface area contributed by atoms with Gasteiger partial charge in [0.25, 0.3) is 5.91 Å². The maximum atomic E-state index is 13.1. The van der Waals surface area contributed by atoms with Gasteiger partial charge in [-0.3, -0.25) is 14.9 Å². The van der Waals surface area contributed by atoms with Crippen molar-refractivity contribution in [3.63, 3.8) is 0 Å². The number of anilines is 1. The van der Waals surface area contributed by atoms with Gasteiger partial charge >= 0.3 is 12.3 Å². The third-order valence-electron chi connectivity index (χ3n) is 6.62. The average molecular weight is 570 g/mol. The fraction of sp³-hybridized carbons (Fsp3) is 0.423. The molecular formula is C26H30F3N3O6S. The van der Waals surface area contributed by atoms with Crippen molar-refractivity contribution in [1.29, 1.82) is 0 Å². The van der Waals surface area contributed by atoms with Gasteiger partial charge in [0.05, 0.1) is 34.0 Å². The van der Waals surface area contributed by atoms with Crippen LogP contribution in [0.5, 0.6) is 0 Å². The summed E-state index contributed by atoms with van der Waals surface area (Å²) in [5.41, 5.74) is -1.13. The number of carbonyl (C=O) groups is 3. The minimum atomic E-state index is -4.78. The molecule has 0 bridgehead atoms. The number of alkyl halides is 3. The fourth-order valence-corrected chi connectivity index (χ4v) is 6.26. The third-order valence-corrected chi connectivity index (χ3v) is 8.48. The predicted octanol–water partition coefficient (Wildman–Crippen LogP) is 4.24. The highest BCUT2D eigenvalue weighted by atomic mass is 32.2. The molecule has 4 N–H and O–H groups in total. The predicted molar refractivity (Wildman–Crippen MR) is 137 cm³/mol. The lowest BCUT2D eigenvalue weighted by Crippen LogP contribution is -2.47. The lowest BCUT2D eigenvalue weighted by molar-refractivity contribution is -0.137. The molecule has 0 aromatic heterocycles. The standard InChI is InChI=1S/C26H30F3N3O6S/c1-2-16-7-10-19(11-8-16)39(37,38)15-17-5-3-4-6-21(17)31-23(33)14-30-24(34)20-13-18(26(27,28)29)9-12-22(20)32-25(35)36/h7-13,17,21,32H,2-6,14-15H2,1H3,(H,30,34)(H,31,33)(H,35,36). The van der Waals surface area contributed by atoms with E-state index < -0.39 is 57.6 Å². The summed E-state index contributed by atoms with van der Waals surface area (Å²) in [5.74, 6) is -2.25. The van der Waals surface area contributed by atoms with Crippen LogP contribution in [0.15, 0.2) is 47.4 Å². The quantitative estimate of drug-likeness (QED) is 0.356. The van der Waals surface area contributed by atoms with Gasteiger partial charge in [-0.1, -0.05) is 31.9 Å². The highest BCUT2D eigenvalue weighted by molar-refractivity contribution is 7.91. The number of nitrogens with one attached hydrogen (secondary N) is 3. The number of rotatable bonds is 9. The molecule has 1 aliphatic rings. The molecule has 3 amide bonds. The first-order valence-corrected chi connectivity index (χ1v) is 14.1. The van der Waals surface area contributed by atoms with Gasteiger partial charge < -0.3 is 15.7 Å². The maximum absolute atomic E-state index is 13.1. The molecule has 0 aliphatic heterocycles. The van der Waals surface area contributed by atoms with Crippen LogP contribution in [0.25, 0.3) is 0 Å². The van der Waals surface area contributed by atoms with Gasteiger partial charge in [-0.2, -0.15) is 13.2 Å². The number of benzene rings is 2. The van der Waals surface area contributed by atoms with Crippen LogP contribution in [0, 0.1) is 5.92 Å².